The minimum Gasteiger partial charge on any atom is -0.497 e. The van der Waals surface area contributed by atoms with E-state index in [0.29, 0.717) is 88.6 Å². The molecule has 5 N–H and O–H groups in total. The smallest absolute Gasteiger partial charge is 0.312 e. The number of fused-ring (bicyclic) bond motifs is 4. The summed E-state index contributed by atoms with van der Waals surface area (Å²) in [5.41, 5.74) is 25.3. The quantitative estimate of drug-likeness (QED) is 0.0286. The average Bonchev–Trinajstić information content (AvgIpc) is 1.78. The van der Waals surface area contributed by atoms with Gasteiger partial charge in [0, 0.05) is 206 Å². The summed E-state index contributed by atoms with van der Waals surface area (Å²) in [5, 5.41) is 43.1. The van der Waals surface area contributed by atoms with Crippen LogP contribution in [-0.4, -0.2) is 203 Å². The topological polar surface area (TPSA) is 426 Å². The number of nitrogens with two attached hydrogens (primary N) is 1. The number of methoxy groups -OCH3 is 7. The van der Waals surface area contributed by atoms with E-state index in [9.17, 15) is 13.5 Å². The molecule has 1 aliphatic rings. The minimum atomic E-state index is -3.33. The van der Waals surface area contributed by atoms with Crippen molar-refractivity contribution in [2.45, 2.75) is 39.4 Å². The molecule has 0 saturated heterocycles. The second-order valence-electron chi connectivity index (χ2n) is 31.6. The molecule has 1 fully saturated rings. The number of hydrogen-bond acceptors (Lipinski definition) is 33. The molecular weight excluding hydrogens is 1770 g/mol. The first kappa shape index (κ1) is 93.8. The van der Waals surface area contributed by atoms with Gasteiger partial charge in [-0.2, -0.15) is 20.4 Å². The number of hydrogen-bond donors (Lipinski definition) is 4. The van der Waals surface area contributed by atoms with Crippen molar-refractivity contribution in [1.29, 1.82) is 0 Å². The number of aliphatic hydroxyl groups is 2. The molecule has 0 aliphatic heterocycles. The molecule has 10 heterocycles. The lowest BCUT2D eigenvalue weighted by atomic mass is 10.1. The molecule has 19 rings (SSSR count). The van der Waals surface area contributed by atoms with Gasteiger partial charge in [-0.15, -0.1) is 5.10 Å². The summed E-state index contributed by atoms with van der Waals surface area (Å²) in [6, 6.07) is 50.2. The zero-order chi connectivity index (χ0) is 95.6. The number of aliphatic hydroxyl groups excluding tert-OH is 2. The maximum absolute atomic E-state index is 12.0. The highest BCUT2D eigenvalue weighted by atomic mass is 32.2. The van der Waals surface area contributed by atoms with E-state index >= 15 is 0 Å². The standard InChI is InChI=1S/C26H29N5O4.C25H23N5O3.C24H28N6O4S.C23H22N8O3/c1-34-22-10-21(11-23(13-22)35-9-8-33)31(16-18-2-3-18)20-4-5-24-25(12-20)29-26(15-27-24)19-14-28-30(17-19)6-7-32;1-29-15-17(13-27-29)25-14-26-23-7-6-18(11-24(23)28-25)30(16-20-5-4-8-33-20)19-9-21(31-2)12-22(10-19)32-3;1-5-35(31,32)27-8-9-30(19-10-20(33-3)13-21(11-19)34-4)18-6-7-22-23(12-18)28-24(15-25-22)17-14-26-29(2)16-17;1-30-12-14(10-26-30)21-11-25-19-5-4-15(8-20(19)27-21)31(13-22-28-29-23(24)34-22)16-6-17(32-2)9-18(7-16)33-3/h4-5,10-15,17-18,32-33H,2-3,6-9,16H2,1H3;4-15H,16H2,1-3H3;6-7,10-16,27H,5,8-9H2,1-4H3;4-12H,13H2,1-3H3,(H2,24,29). The summed E-state index contributed by atoms with van der Waals surface area (Å²) < 4.78 is 88.7. The Morgan fingerprint density at radius 3 is 1.18 bits per heavy atom. The molecule has 1 aliphatic carbocycles. The fraction of sp³-hybridized carbons (Fsp3) is 0.245. The average molecular weight is 1870 g/mol. The van der Waals surface area contributed by atoms with Crippen molar-refractivity contribution in [1.82, 2.24) is 93.9 Å². The first-order valence-electron chi connectivity index (χ1n) is 43.6. The summed E-state index contributed by atoms with van der Waals surface area (Å²) in [7, 11) is 13.6. The maximum Gasteiger partial charge on any atom is 0.312 e. The Morgan fingerprint density at radius 2 is 0.810 bits per heavy atom. The molecule has 38 nitrogen and oxygen atoms in total. The van der Waals surface area contributed by atoms with E-state index in [1.165, 1.54) is 12.8 Å². The first-order valence-corrected chi connectivity index (χ1v) is 45.3. The van der Waals surface area contributed by atoms with Crippen molar-refractivity contribution < 1.29 is 65.4 Å². The van der Waals surface area contributed by atoms with Crippen LogP contribution in [0.3, 0.4) is 0 Å². The zero-order valence-corrected chi connectivity index (χ0v) is 78.0. The van der Waals surface area contributed by atoms with Gasteiger partial charge in [-0.05, 0) is 111 Å². The molecular formula is C98H102N24O14S. The number of nitrogen functional groups attached to an aromatic ring is 1. The molecule has 39 heteroatoms. The molecule has 0 unspecified atom stereocenters. The van der Waals surface area contributed by atoms with Gasteiger partial charge in [0.15, 0.2) is 0 Å². The Bertz CT molecular complexity index is 7250. The van der Waals surface area contributed by atoms with Crippen LogP contribution in [0.4, 0.5) is 51.5 Å². The van der Waals surface area contributed by atoms with Gasteiger partial charge in [-0.1, -0.05) is 5.10 Å². The van der Waals surface area contributed by atoms with Crippen LogP contribution in [0.2, 0.25) is 0 Å². The van der Waals surface area contributed by atoms with E-state index in [2.05, 4.69) is 77.2 Å². The highest BCUT2D eigenvalue weighted by Gasteiger charge is 2.28. The van der Waals surface area contributed by atoms with Gasteiger partial charge in [0.2, 0.25) is 15.9 Å². The number of nitrogens with one attached hydrogen (secondary N) is 1. The predicted octanol–water partition coefficient (Wildman–Crippen LogP) is 14.9. The van der Waals surface area contributed by atoms with Gasteiger partial charge in [0.25, 0.3) is 0 Å². The molecule has 8 aromatic carbocycles. The molecule has 0 spiro atoms. The number of sulfonamides is 1. The normalized spacial score (nSPS) is 11.7. The van der Waals surface area contributed by atoms with Crippen LogP contribution < -0.4 is 68.0 Å². The lowest BCUT2D eigenvalue weighted by Crippen LogP contribution is -2.33. The third-order valence-corrected chi connectivity index (χ3v) is 23.6. The van der Waals surface area contributed by atoms with Crippen LogP contribution in [0.25, 0.3) is 89.2 Å². The van der Waals surface area contributed by atoms with Crippen LogP contribution in [-0.2, 0) is 50.8 Å². The molecule has 0 amide bonds. The van der Waals surface area contributed by atoms with Crippen LogP contribution in [0.1, 0.15) is 31.4 Å². The lowest BCUT2D eigenvalue weighted by Gasteiger charge is -2.26. The summed E-state index contributed by atoms with van der Waals surface area (Å²) in [5.74, 6) is 7.11. The largest absolute Gasteiger partial charge is 0.497 e. The van der Waals surface area contributed by atoms with Crippen molar-refractivity contribution >= 4 is 106 Å². The van der Waals surface area contributed by atoms with Crippen LogP contribution in [0.5, 0.6) is 46.0 Å². The van der Waals surface area contributed by atoms with Gasteiger partial charge in [0.05, 0.1) is 205 Å². The summed E-state index contributed by atoms with van der Waals surface area (Å²) in [6.07, 6.45) is 25.7. The highest BCUT2D eigenvalue weighted by molar-refractivity contribution is 7.89. The van der Waals surface area contributed by atoms with Gasteiger partial charge < -0.3 is 82.3 Å². The maximum atomic E-state index is 12.0. The minimum absolute atomic E-state index is 0.00339. The van der Waals surface area contributed by atoms with Crippen LogP contribution in [0.15, 0.2) is 247 Å². The molecule has 0 radical (unpaired) electrons. The number of ether oxygens (including phenoxy) is 8. The Morgan fingerprint density at radius 1 is 0.431 bits per heavy atom. The van der Waals surface area contributed by atoms with Crippen molar-refractivity contribution in [2.75, 3.05) is 120 Å². The molecule has 10 aromatic heterocycles. The van der Waals surface area contributed by atoms with Gasteiger partial charge in [-0.3, -0.25) is 38.7 Å². The third kappa shape index (κ3) is 23.5. The lowest BCUT2D eigenvalue weighted by molar-refractivity contribution is 0.201. The predicted molar refractivity (Wildman–Crippen MR) is 521 cm³/mol. The number of aromatic nitrogens is 18. The number of benzene rings is 8. The Labute approximate surface area is 788 Å². The fourth-order valence-electron chi connectivity index (χ4n) is 15.0. The molecule has 0 bridgehead atoms. The van der Waals surface area contributed by atoms with E-state index in [1.54, 1.807) is 143 Å². The molecule has 137 heavy (non-hydrogen) atoms. The number of furan rings is 1. The van der Waals surface area contributed by atoms with Crippen molar-refractivity contribution in [3.8, 4) is 91.0 Å². The van der Waals surface area contributed by atoms with Gasteiger partial charge in [-0.25, -0.2) is 33.1 Å². The monoisotopic (exact) mass is 1870 g/mol. The van der Waals surface area contributed by atoms with Gasteiger partial charge >= 0.3 is 6.01 Å². The molecule has 0 atom stereocenters. The second kappa shape index (κ2) is 43.1. The highest BCUT2D eigenvalue weighted by Crippen LogP contribution is 2.43. The number of anilines is 9. The summed E-state index contributed by atoms with van der Waals surface area (Å²) >= 11 is 0. The number of nitrogens with zero attached hydrogens (tertiary/aromatic N) is 22. The second-order valence-corrected chi connectivity index (χ2v) is 33.7. The first-order chi connectivity index (χ1) is 66.6. The van der Waals surface area contributed by atoms with Crippen molar-refractivity contribution in [2.24, 2.45) is 27.1 Å². The zero-order valence-electron chi connectivity index (χ0n) is 77.2. The van der Waals surface area contributed by atoms with Gasteiger partial charge in [0.1, 0.15) is 64.9 Å². The van der Waals surface area contributed by atoms with Crippen LogP contribution in [0, 0.1) is 5.92 Å². The van der Waals surface area contributed by atoms with E-state index in [4.69, 9.17) is 77.5 Å². The number of rotatable bonds is 35. The van der Waals surface area contributed by atoms with Crippen LogP contribution >= 0.6 is 0 Å². The van der Waals surface area contributed by atoms with Crippen molar-refractivity contribution in [3.63, 3.8) is 0 Å². The summed E-state index contributed by atoms with van der Waals surface area (Å²) in [4.78, 5) is 46.0. The van der Waals surface area contributed by atoms with E-state index in [-0.39, 0.29) is 44.7 Å². The third-order valence-electron chi connectivity index (χ3n) is 22.2. The Balaban J connectivity index is 0.000000132. The molecule has 1 saturated carbocycles. The fourth-order valence-corrected chi connectivity index (χ4v) is 15.6. The molecule has 704 valence electrons. The van der Waals surface area contributed by atoms with E-state index in [1.807, 2.05) is 189 Å². The Kier molecular flexibility index (Phi) is 29.5. The van der Waals surface area contributed by atoms with E-state index in [0.717, 1.165) is 136 Å². The number of aryl methyl sites for hydroxylation is 3. The van der Waals surface area contributed by atoms with Crippen molar-refractivity contribution in [3.05, 3.63) is 250 Å². The summed E-state index contributed by atoms with van der Waals surface area (Å²) in [6.45, 7) is 4.49. The SMILES string of the molecule is CCS(=O)(=O)NCCN(c1cc(OC)cc(OC)c1)c1ccc2ncc(-c3cnn(C)c3)nc2c1.COc1cc(OC)cc(N(Cc2ccco2)c2ccc3ncc(-c4cnn(C)c4)nc3c2)c1.COc1cc(OC)cc(N(Cc2nnc(N)o2)c2ccc3ncc(-c4cnn(C)c4)nc3c2)c1.COc1cc(OCCO)cc(N(CC2CC2)c2ccc3ncc(-c4cnn(CCO)c4)nc3c2)c1. The Hall–Kier alpha value is -16.4. The molecule has 18 aromatic rings. The van der Waals surface area contributed by atoms with E-state index < -0.39 is 10.0 Å².